The fraction of sp³-hybridized carbons (Fsp3) is 0.432. The quantitative estimate of drug-likeness (QED) is 0.0239. The molecule has 3 N–H and O–H groups in total. The lowest BCUT2D eigenvalue weighted by molar-refractivity contribution is -0.149. The van der Waals surface area contributed by atoms with Gasteiger partial charge in [-0.15, -0.1) is 0 Å². The summed E-state index contributed by atoms with van der Waals surface area (Å²) >= 11 is 23.3. The number of carbonyl (C=O) groups excluding carboxylic acids is 4. The fourth-order valence-corrected chi connectivity index (χ4v) is 18.9. The zero-order valence-corrected chi connectivity index (χ0v) is 66.5. The van der Waals surface area contributed by atoms with E-state index in [1.807, 2.05) is 233 Å². The molecule has 0 aliphatic rings. The van der Waals surface area contributed by atoms with E-state index in [0.717, 1.165) is 38.6 Å². The molecule has 4 unspecified atom stereocenters. The van der Waals surface area contributed by atoms with Gasteiger partial charge in [-0.2, -0.15) is 0 Å². The second-order valence-corrected chi connectivity index (χ2v) is 44.2. The van der Waals surface area contributed by atoms with Crippen LogP contribution in [0.15, 0.2) is 176 Å². The van der Waals surface area contributed by atoms with E-state index in [2.05, 4.69) is 48.2 Å². The van der Waals surface area contributed by atoms with Crippen LogP contribution in [0, 0.1) is 11.3 Å². The van der Waals surface area contributed by atoms with E-state index in [1.54, 1.807) is 34.6 Å². The van der Waals surface area contributed by atoms with Crippen LogP contribution in [0.3, 0.4) is 0 Å². The number of ether oxygens (including phenoxy) is 4. The topological polar surface area (TPSA) is 178 Å². The molecule has 8 atom stereocenters. The number of rotatable bonds is 28. The first-order valence-electron chi connectivity index (χ1n) is 32.7. The minimum absolute atomic E-state index is 0.0596. The van der Waals surface area contributed by atoms with Crippen molar-refractivity contribution in [1.82, 2.24) is 15.3 Å². The summed E-state index contributed by atoms with van der Waals surface area (Å²) < 4.78 is 45.8. The maximum Gasteiger partial charge on any atom is 0.323 e. The Kier molecular flexibility index (Phi) is 34.3. The SMILES string of the molecule is CC(C)P(=S)(N[C@H](C)C(=O)OCC(C)(C)C)Oc1cccc2ccccc12.CCOC(=O)[C@@H](C)NP(=S)(Oc1ccccc1)C(C)C.CCOC(=O)[C@H](C)NP(=S)(Oc1ccccc1)C(C)C.C[C@@H](CP(=S)(Oc1cccc2ccccc12)C(C)(C)C)C(=O)OCc1ccccc1. The predicted octanol–water partition coefficient (Wildman–Crippen LogP) is 18.9. The monoisotopic (exact) mass is 1480 g/mol. The van der Waals surface area contributed by atoms with Crippen LogP contribution in [0.1, 0.15) is 130 Å². The third-order valence-corrected chi connectivity index (χ3v) is 33.6. The summed E-state index contributed by atoms with van der Waals surface area (Å²) in [7, 11) is 0. The summed E-state index contributed by atoms with van der Waals surface area (Å²) in [4.78, 5) is 48.5. The van der Waals surface area contributed by atoms with Gasteiger partial charge in [0.1, 0.15) is 54.0 Å². The number of esters is 4. The zero-order valence-electron chi connectivity index (χ0n) is 59.6. The number of carbonyl (C=O) groups is 4. The Labute approximate surface area is 598 Å². The number of benzene rings is 7. The molecule has 530 valence electrons. The van der Waals surface area contributed by atoms with Crippen LogP contribution >= 0.6 is 25.5 Å². The first kappa shape index (κ1) is 84.0. The Morgan fingerprint density at radius 1 is 0.402 bits per heavy atom. The van der Waals surface area contributed by atoms with Crippen molar-refractivity contribution < 1.29 is 56.2 Å². The first-order chi connectivity index (χ1) is 45.5. The number of fused-ring (bicyclic) bond motifs is 2. The van der Waals surface area contributed by atoms with Crippen LogP contribution in [0.25, 0.3) is 21.5 Å². The molecule has 0 aliphatic carbocycles. The highest BCUT2D eigenvalue weighted by Gasteiger charge is 2.39. The molecule has 0 radical (unpaired) electrons. The van der Waals surface area contributed by atoms with E-state index < -0.39 is 43.6 Å². The maximum atomic E-state index is 12.7. The zero-order chi connectivity index (χ0) is 72.4. The van der Waals surface area contributed by atoms with Gasteiger partial charge in [0.2, 0.25) is 0 Å². The van der Waals surface area contributed by atoms with Gasteiger partial charge >= 0.3 is 23.9 Å². The molecule has 7 aromatic rings. The van der Waals surface area contributed by atoms with Crippen molar-refractivity contribution in [3.63, 3.8) is 0 Å². The molecule has 0 aliphatic heterocycles. The molecule has 0 heterocycles. The standard InChI is InChI=1S/C25H29O3PS.C21H30NO3PS.2C14H22NO3PS/c1-19(24(26)27-17-20-11-6-5-7-12-20)18-29(30,25(2,3)4)28-23-16-10-14-21-13-8-9-15-22(21)23;1-15(2)26(27,22-16(3)20(23)24-14-21(4,5)6)25-19-13-9-11-17-10-7-8-12-18(17)19;2*1-5-17-14(16)12(4)15-19(20,11(2)3)18-13-9-7-6-8-10-13/h5-16,19H,17-18H2,1-4H3;7-13,15-16H,14H2,1-6H3,(H,22,27);2*6-12H,5H2,1-4H3,(H,15,20)/t19-,29?;16-,26?;2*12-,19?/m0110/s1. The van der Waals surface area contributed by atoms with Crippen molar-refractivity contribution in [3.8, 4) is 23.0 Å². The largest absolute Gasteiger partial charge is 0.465 e. The summed E-state index contributed by atoms with van der Waals surface area (Å²) in [6, 6.07) is 55.2. The Morgan fingerprint density at radius 3 is 1.11 bits per heavy atom. The highest BCUT2D eigenvalue weighted by molar-refractivity contribution is 8.13. The summed E-state index contributed by atoms with van der Waals surface area (Å²) in [5.41, 5.74) is 1.17. The van der Waals surface area contributed by atoms with Crippen molar-refractivity contribution in [2.45, 2.75) is 171 Å². The van der Waals surface area contributed by atoms with Gasteiger partial charge in [0.05, 0.1) is 25.7 Å². The van der Waals surface area contributed by atoms with Crippen LogP contribution < -0.4 is 33.4 Å². The Balaban J connectivity index is 0.000000279. The molecule has 0 fully saturated rings. The summed E-state index contributed by atoms with van der Waals surface area (Å²) in [5.74, 6) is 1.47. The average Bonchev–Trinajstić information content (AvgIpc) is 0.791. The van der Waals surface area contributed by atoms with Crippen molar-refractivity contribution in [2.75, 3.05) is 26.0 Å². The third-order valence-electron chi connectivity index (χ3n) is 14.6. The highest BCUT2D eigenvalue weighted by Crippen LogP contribution is 2.60. The summed E-state index contributed by atoms with van der Waals surface area (Å²) in [6.07, 6.45) is -9.15. The van der Waals surface area contributed by atoms with Crippen molar-refractivity contribution in [3.05, 3.63) is 181 Å². The van der Waals surface area contributed by atoms with Crippen LogP contribution in [0.5, 0.6) is 23.0 Å². The molecule has 0 saturated carbocycles. The predicted molar refractivity (Wildman–Crippen MR) is 417 cm³/mol. The molecular formula is C74H103N3O12P4S4. The first-order valence-corrected chi connectivity index (χ1v) is 44.0. The van der Waals surface area contributed by atoms with E-state index in [1.165, 1.54) is 0 Å². The summed E-state index contributed by atoms with van der Waals surface area (Å²) in [5, 5.41) is 13.6. The van der Waals surface area contributed by atoms with E-state index in [4.69, 9.17) is 84.3 Å². The van der Waals surface area contributed by atoms with Gasteiger partial charge in [-0.3, -0.25) is 19.2 Å². The maximum absolute atomic E-state index is 12.7. The molecule has 0 amide bonds. The minimum atomic E-state index is -2.51. The molecule has 7 aromatic carbocycles. The van der Waals surface area contributed by atoms with Crippen molar-refractivity contribution in [2.24, 2.45) is 11.3 Å². The van der Waals surface area contributed by atoms with E-state index in [9.17, 15) is 19.2 Å². The Morgan fingerprint density at radius 2 is 0.742 bits per heavy atom. The molecule has 0 spiro atoms. The van der Waals surface area contributed by atoms with Crippen molar-refractivity contribution in [1.29, 1.82) is 0 Å². The smallest absolute Gasteiger partial charge is 0.323 e. The molecule has 0 aromatic heterocycles. The van der Waals surface area contributed by atoms with Gasteiger partial charge in [-0.1, -0.05) is 241 Å². The number of para-hydroxylation sites is 2. The molecule has 7 rings (SSSR count). The van der Waals surface area contributed by atoms with Gasteiger partial charge in [-0.25, -0.2) is 15.3 Å². The Bertz CT molecular complexity index is 3720. The molecular weight excluding hydrogens is 1370 g/mol. The number of hydrogen-bond acceptors (Lipinski definition) is 16. The molecule has 0 bridgehead atoms. The fourth-order valence-electron chi connectivity index (χ4n) is 8.64. The van der Waals surface area contributed by atoms with E-state index >= 15 is 0 Å². The highest BCUT2D eigenvalue weighted by atomic mass is 32.5. The van der Waals surface area contributed by atoms with Gasteiger partial charge in [-0.05, 0) is 128 Å². The minimum Gasteiger partial charge on any atom is -0.465 e. The lowest BCUT2D eigenvalue weighted by atomic mass is 9.99. The molecule has 0 saturated heterocycles. The summed E-state index contributed by atoms with van der Waals surface area (Å²) in [6.45, 7) is 36.5. The van der Waals surface area contributed by atoms with E-state index in [-0.39, 0.29) is 64.0 Å². The molecule has 23 heteroatoms. The van der Waals surface area contributed by atoms with Gasteiger partial charge < -0.3 is 37.0 Å². The van der Waals surface area contributed by atoms with Crippen LogP contribution in [0.2, 0.25) is 0 Å². The number of hydrogen-bond donors (Lipinski definition) is 3. The molecule has 15 nitrogen and oxygen atoms in total. The average molecular weight is 1480 g/mol. The normalized spacial score (nSPS) is 15.2. The van der Waals surface area contributed by atoms with Gasteiger partial charge in [0.25, 0.3) is 0 Å². The second-order valence-electron chi connectivity index (χ2n) is 26.3. The lowest BCUT2D eigenvalue weighted by Crippen LogP contribution is -2.37. The van der Waals surface area contributed by atoms with Crippen LogP contribution in [-0.4, -0.2) is 90.1 Å². The molecule has 97 heavy (non-hydrogen) atoms. The third kappa shape index (κ3) is 27.6. The second kappa shape index (κ2) is 39.6. The van der Waals surface area contributed by atoms with Gasteiger partial charge in [0.15, 0.2) is 19.2 Å². The lowest BCUT2D eigenvalue weighted by Gasteiger charge is -2.36. The Hall–Kier alpha value is -5.38. The number of nitrogens with one attached hydrogen (secondary N) is 3. The van der Waals surface area contributed by atoms with Crippen molar-refractivity contribution >= 4 is 118 Å². The van der Waals surface area contributed by atoms with Crippen LogP contribution in [0.4, 0.5) is 0 Å². The van der Waals surface area contributed by atoms with E-state index in [0.29, 0.717) is 37.5 Å². The van der Waals surface area contributed by atoms with Gasteiger partial charge in [0, 0.05) is 39.1 Å². The van der Waals surface area contributed by atoms with Crippen LogP contribution in [-0.2, 0) is 92.0 Å².